The summed E-state index contributed by atoms with van der Waals surface area (Å²) in [7, 11) is 1.79. The minimum Gasteiger partial charge on any atom is -0.464 e. The molecule has 0 saturated heterocycles. The van der Waals surface area contributed by atoms with Crippen molar-refractivity contribution in [3.63, 3.8) is 0 Å². The smallest absolute Gasteiger partial charge is 0.262 e. The lowest BCUT2D eigenvalue weighted by molar-refractivity contribution is -0.130. The van der Waals surface area contributed by atoms with Gasteiger partial charge < -0.3 is 14.3 Å². The van der Waals surface area contributed by atoms with Crippen molar-refractivity contribution in [1.82, 2.24) is 14.5 Å². The van der Waals surface area contributed by atoms with E-state index in [-0.39, 0.29) is 11.5 Å². The van der Waals surface area contributed by atoms with Crippen LogP contribution in [0.3, 0.4) is 0 Å². The van der Waals surface area contributed by atoms with Crippen molar-refractivity contribution >= 4 is 29.0 Å². The molecule has 1 N–H and O–H groups in total. The van der Waals surface area contributed by atoms with Gasteiger partial charge in [0.15, 0.2) is 4.77 Å². The van der Waals surface area contributed by atoms with Crippen LogP contribution in [0.2, 0.25) is 0 Å². The Morgan fingerprint density at radius 2 is 1.96 bits per heavy atom. The van der Waals surface area contributed by atoms with E-state index in [0.29, 0.717) is 29.7 Å². The third kappa shape index (κ3) is 4.78. The number of rotatable bonds is 8. The molecule has 0 bridgehead atoms. The van der Waals surface area contributed by atoms with Gasteiger partial charge in [-0.2, -0.15) is 0 Å². The molecule has 1 aromatic carbocycles. The molecule has 148 valence electrons. The third-order valence-electron chi connectivity index (χ3n) is 4.78. The molecule has 3 aromatic rings. The largest absolute Gasteiger partial charge is 0.464 e. The lowest BCUT2D eigenvalue weighted by Gasteiger charge is -2.15. The first kappa shape index (κ1) is 20.1. The Labute approximate surface area is 168 Å². The van der Waals surface area contributed by atoms with Crippen LogP contribution in [0.25, 0.3) is 10.9 Å². The van der Waals surface area contributed by atoms with Crippen molar-refractivity contribution in [1.29, 1.82) is 0 Å². The number of unbranched alkanes of at least 4 members (excludes halogenated alkanes) is 2. The van der Waals surface area contributed by atoms with Gasteiger partial charge >= 0.3 is 0 Å². The average Bonchev–Trinajstić information content (AvgIpc) is 3.08. The van der Waals surface area contributed by atoms with Gasteiger partial charge in [-0.05, 0) is 56.2 Å². The highest BCUT2D eigenvalue weighted by molar-refractivity contribution is 7.71. The molecule has 0 aliphatic carbocycles. The fraction of sp³-hybridized carbons (Fsp3) is 0.381. The second-order valence-corrected chi connectivity index (χ2v) is 7.39. The van der Waals surface area contributed by atoms with Gasteiger partial charge in [-0.1, -0.05) is 18.6 Å². The van der Waals surface area contributed by atoms with Crippen molar-refractivity contribution < 1.29 is 9.21 Å². The molecule has 0 unspecified atom stereocenters. The van der Waals surface area contributed by atoms with Gasteiger partial charge in [-0.3, -0.25) is 14.2 Å². The number of aromatic amines is 1. The minimum absolute atomic E-state index is 0.0658. The Kier molecular flexibility index (Phi) is 6.46. The summed E-state index contributed by atoms with van der Waals surface area (Å²) in [5.74, 6) is 1.73. The molecule has 3 rings (SSSR count). The number of benzene rings is 1. The lowest BCUT2D eigenvalue weighted by atomic mass is 10.1. The first-order valence-electron chi connectivity index (χ1n) is 9.47. The molecule has 0 spiro atoms. The summed E-state index contributed by atoms with van der Waals surface area (Å²) >= 11 is 5.32. The Morgan fingerprint density at radius 1 is 1.18 bits per heavy atom. The normalized spacial score (nSPS) is 11.1. The van der Waals surface area contributed by atoms with E-state index in [1.807, 2.05) is 37.3 Å². The summed E-state index contributed by atoms with van der Waals surface area (Å²) in [5.41, 5.74) is 0.693. The van der Waals surface area contributed by atoms with E-state index in [1.165, 1.54) is 0 Å². The van der Waals surface area contributed by atoms with Crippen LogP contribution >= 0.6 is 12.2 Å². The molecular formula is C21H25N3O3S. The number of carbonyl (C=O) groups is 1. The Balaban J connectivity index is 1.47. The number of hydrogen-bond donors (Lipinski definition) is 1. The van der Waals surface area contributed by atoms with Gasteiger partial charge in [0.25, 0.3) is 5.56 Å². The van der Waals surface area contributed by atoms with E-state index >= 15 is 0 Å². The minimum atomic E-state index is -0.0658. The summed E-state index contributed by atoms with van der Waals surface area (Å²) in [6.07, 6.45) is 2.91. The van der Waals surface area contributed by atoms with Gasteiger partial charge in [0, 0.05) is 20.0 Å². The molecular weight excluding hydrogens is 374 g/mol. The molecule has 0 aliphatic heterocycles. The first-order chi connectivity index (χ1) is 13.5. The van der Waals surface area contributed by atoms with Crippen molar-refractivity contribution in [2.24, 2.45) is 0 Å². The number of aryl methyl sites for hydroxylation is 1. The van der Waals surface area contributed by atoms with E-state index in [9.17, 15) is 9.59 Å². The maximum absolute atomic E-state index is 12.6. The zero-order valence-corrected chi connectivity index (χ0v) is 17.1. The van der Waals surface area contributed by atoms with Crippen molar-refractivity contribution in [3.8, 4) is 0 Å². The maximum Gasteiger partial charge on any atom is 0.262 e. The van der Waals surface area contributed by atoms with Gasteiger partial charge in [-0.25, -0.2) is 0 Å². The van der Waals surface area contributed by atoms with Crippen LogP contribution in [0.4, 0.5) is 0 Å². The van der Waals surface area contributed by atoms with Crippen LogP contribution in [0.15, 0.2) is 45.6 Å². The number of fused-ring (bicyclic) bond motifs is 1. The van der Waals surface area contributed by atoms with E-state index < -0.39 is 0 Å². The van der Waals surface area contributed by atoms with Crippen LogP contribution < -0.4 is 5.56 Å². The first-order valence-corrected chi connectivity index (χ1v) is 9.87. The average molecular weight is 400 g/mol. The molecule has 0 aliphatic rings. The number of amides is 1. The monoisotopic (exact) mass is 399 g/mol. The van der Waals surface area contributed by atoms with Crippen LogP contribution in [0.1, 0.15) is 37.2 Å². The quantitative estimate of drug-likeness (QED) is 0.456. The standard InChI is InChI=1S/C21H25N3O3S/c1-15-11-12-16(27-15)14-23(2)19(25)10-4-3-7-13-24-20(26)17-8-5-6-9-18(17)22-21(24)28/h5-6,8-9,11-12H,3-4,7,10,13-14H2,1-2H3,(H,22,28). The predicted octanol–water partition coefficient (Wildman–Crippen LogP) is 4.18. The van der Waals surface area contributed by atoms with Crippen LogP contribution in [-0.2, 0) is 17.9 Å². The van der Waals surface area contributed by atoms with Crippen molar-refractivity contribution in [2.45, 2.75) is 45.7 Å². The topological polar surface area (TPSA) is 71.2 Å². The molecule has 0 fully saturated rings. The second-order valence-electron chi connectivity index (χ2n) is 7.01. The molecule has 0 atom stereocenters. The number of nitrogens with one attached hydrogen (secondary N) is 1. The number of nitrogens with zero attached hydrogens (tertiary/aromatic N) is 2. The number of hydrogen-bond acceptors (Lipinski definition) is 4. The van der Waals surface area contributed by atoms with E-state index in [2.05, 4.69) is 4.98 Å². The highest BCUT2D eigenvalue weighted by atomic mass is 32.1. The highest BCUT2D eigenvalue weighted by Crippen LogP contribution is 2.11. The predicted molar refractivity (Wildman–Crippen MR) is 112 cm³/mol. The molecule has 28 heavy (non-hydrogen) atoms. The van der Waals surface area contributed by atoms with E-state index in [1.54, 1.807) is 22.6 Å². The van der Waals surface area contributed by atoms with E-state index in [4.69, 9.17) is 16.6 Å². The van der Waals surface area contributed by atoms with Gasteiger partial charge in [-0.15, -0.1) is 0 Å². The fourth-order valence-corrected chi connectivity index (χ4v) is 3.49. The second kappa shape index (κ2) is 9.01. The zero-order chi connectivity index (χ0) is 20.1. The molecule has 7 heteroatoms. The number of furan rings is 1. The molecule has 2 aromatic heterocycles. The number of H-pyrrole nitrogens is 1. The summed E-state index contributed by atoms with van der Waals surface area (Å²) in [4.78, 5) is 29.6. The van der Waals surface area contributed by atoms with Gasteiger partial charge in [0.1, 0.15) is 11.5 Å². The molecule has 1 amide bonds. The molecule has 6 nitrogen and oxygen atoms in total. The Bertz CT molecular complexity index is 1080. The molecule has 2 heterocycles. The summed E-state index contributed by atoms with van der Waals surface area (Å²) in [6, 6.07) is 11.2. The summed E-state index contributed by atoms with van der Waals surface area (Å²) in [5, 5.41) is 0.640. The van der Waals surface area contributed by atoms with Crippen molar-refractivity contribution in [3.05, 3.63) is 63.0 Å². The summed E-state index contributed by atoms with van der Waals surface area (Å²) in [6.45, 7) is 2.92. The Morgan fingerprint density at radius 3 is 2.71 bits per heavy atom. The van der Waals surface area contributed by atoms with Crippen LogP contribution in [-0.4, -0.2) is 27.4 Å². The van der Waals surface area contributed by atoms with E-state index in [0.717, 1.165) is 36.3 Å². The summed E-state index contributed by atoms with van der Waals surface area (Å²) < 4.78 is 7.55. The van der Waals surface area contributed by atoms with Crippen molar-refractivity contribution in [2.75, 3.05) is 7.05 Å². The van der Waals surface area contributed by atoms with Gasteiger partial charge in [0.2, 0.25) is 5.91 Å². The van der Waals surface area contributed by atoms with Gasteiger partial charge in [0.05, 0.1) is 17.4 Å². The van der Waals surface area contributed by atoms with Crippen LogP contribution in [0, 0.1) is 11.7 Å². The maximum atomic E-state index is 12.6. The van der Waals surface area contributed by atoms with Crippen LogP contribution in [0.5, 0.6) is 0 Å². The molecule has 0 saturated carbocycles. The zero-order valence-electron chi connectivity index (χ0n) is 16.2. The highest BCUT2D eigenvalue weighted by Gasteiger charge is 2.11. The number of para-hydroxylation sites is 1. The number of carbonyl (C=O) groups excluding carboxylic acids is 1. The number of aromatic nitrogens is 2. The Hall–Kier alpha value is -2.67. The lowest BCUT2D eigenvalue weighted by Crippen LogP contribution is -2.25. The SMILES string of the molecule is Cc1ccc(CN(C)C(=O)CCCCCn2c(=S)[nH]c3ccccc3c2=O)o1. The molecule has 0 radical (unpaired) electrons. The fourth-order valence-electron chi connectivity index (χ4n) is 3.21. The third-order valence-corrected chi connectivity index (χ3v) is 5.10.